The van der Waals surface area contributed by atoms with Crippen LogP contribution in [0.3, 0.4) is 0 Å². The first-order chi connectivity index (χ1) is 20.7. The van der Waals surface area contributed by atoms with Gasteiger partial charge >= 0.3 is 6.01 Å². The number of pyridine rings is 2. The van der Waals surface area contributed by atoms with Gasteiger partial charge in [0, 0.05) is 42.5 Å². The molecule has 5 aromatic rings. The molecule has 2 N–H and O–H groups in total. The number of nitrogens with two attached hydrogens (primary N) is 1. The zero-order valence-corrected chi connectivity index (χ0v) is 27.2. The molecule has 222 valence electrons. The van der Waals surface area contributed by atoms with E-state index in [4.69, 9.17) is 15.5 Å². The molecule has 4 heterocycles. The van der Waals surface area contributed by atoms with Gasteiger partial charge in [-0.2, -0.15) is 5.26 Å². The molecule has 10 heteroatoms. The van der Waals surface area contributed by atoms with Gasteiger partial charge in [0.05, 0.1) is 22.2 Å². The molecular weight excluding hydrogens is 570 g/mol. The summed E-state index contributed by atoms with van der Waals surface area (Å²) in [5.74, 6) is 2.91. The first kappa shape index (κ1) is 30.4. The van der Waals surface area contributed by atoms with Gasteiger partial charge in [0.15, 0.2) is 11.6 Å². The number of benzene rings is 1. The molecule has 0 spiro atoms. The minimum atomic E-state index is -1.83. The molecule has 0 aliphatic rings. The molecule has 0 amide bonds. The quantitative estimate of drug-likeness (QED) is 0.167. The Bertz CT molecular complexity index is 2040. The number of aryl methyl sites for hydroxylation is 3. The minimum Gasteiger partial charge on any atom is -0.421 e. The molecule has 0 aliphatic heterocycles. The number of halogens is 1. The van der Waals surface area contributed by atoms with Crippen molar-refractivity contribution in [1.82, 2.24) is 24.5 Å². The summed E-state index contributed by atoms with van der Waals surface area (Å²) >= 11 is 0. The number of nitriles is 1. The first-order valence-electron chi connectivity index (χ1n) is 14.2. The van der Waals surface area contributed by atoms with E-state index in [2.05, 4.69) is 66.4 Å². The predicted molar refractivity (Wildman–Crippen MR) is 174 cm³/mol. The van der Waals surface area contributed by atoms with Gasteiger partial charge in [0.2, 0.25) is 0 Å². The SMILES string of the molecule is Cc1ccnc(Oc2ccc(-c3c(-c4cnc(C#C[Si](C)(C)C(C)(C)C)cc4C)n(C)c4c(C#N)cnc(N)c34)cc2F)n1. The fraction of sp³-hybridized carbons (Fsp3) is 0.265. The molecule has 0 unspecified atom stereocenters. The maximum Gasteiger partial charge on any atom is 0.322 e. The van der Waals surface area contributed by atoms with Crippen molar-refractivity contribution in [2.45, 2.75) is 52.8 Å². The molecule has 0 fully saturated rings. The molecule has 1 aromatic carbocycles. The third-order valence-electron chi connectivity index (χ3n) is 8.30. The monoisotopic (exact) mass is 603 g/mol. The predicted octanol–water partition coefficient (Wildman–Crippen LogP) is 7.49. The smallest absolute Gasteiger partial charge is 0.322 e. The third-order valence-corrected chi connectivity index (χ3v) is 12.8. The molecule has 44 heavy (non-hydrogen) atoms. The van der Waals surface area contributed by atoms with E-state index in [0.717, 1.165) is 16.8 Å². The van der Waals surface area contributed by atoms with E-state index in [1.807, 2.05) is 24.6 Å². The molecule has 4 aromatic heterocycles. The summed E-state index contributed by atoms with van der Waals surface area (Å²) in [5.41, 5.74) is 15.9. The Hall–Kier alpha value is -5.06. The van der Waals surface area contributed by atoms with Crippen LogP contribution in [-0.2, 0) is 7.05 Å². The van der Waals surface area contributed by atoms with E-state index in [1.165, 1.54) is 18.3 Å². The molecule has 8 nitrogen and oxygen atoms in total. The molecule has 0 radical (unpaired) electrons. The summed E-state index contributed by atoms with van der Waals surface area (Å²) in [6.07, 6.45) is 4.78. The number of fused-ring (bicyclic) bond motifs is 1. The summed E-state index contributed by atoms with van der Waals surface area (Å²) in [7, 11) is 0.0242. The number of ether oxygens (including phenoxy) is 1. The highest BCUT2D eigenvalue weighted by Gasteiger charge is 2.33. The Morgan fingerprint density at radius 3 is 2.43 bits per heavy atom. The molecule has 5 rings (SSSR count). The van der Waals surface area contributed by atoms with Crippen molar-refractivity contribution in [3.63, 3.8) is 0 Å². The maximum atomic E-state index is 15.6. The van der Waals surface area contributed by atoms with Crippen LogP contribution in [0.1, 0.15) is 43.3 Å². The van der Waals surface area contributed by atoms with Gasteiger partial charge in [-0.15, -0.1) is 5.54 Å². The average molecular weight is 604 g/mol. The Balaban J connectivity index is 1.69. The van der Waals surface area contributed by atoms with Crippen LogP contribution >= 0.6 is 0 Å². The topological polar surface area (TPSA) is 116 Å². The number of aromatic nitrogens is 5. The molecule has 0 saturated heterocycles. The van der Waals surface area contributed by atoms with Gasteiger partial charge in [-0.05, 0) is 54.3 Å². The first-order valence-corrected chi connectivity index (χ1v) is 17.2. The maximum absolute atomic E-state index is 15.6. The largest absolute Gasteiger partial charge is 0.421 e. The number of hydrogen-bond donors (Lipinski definition) is 1. The highest BCUT2D eigenvalue weighted by Crippen LogP contribution is 2.45. The highest BCUT2D eigenvalue weighted by molar-refractivity contribution is 6.87. The van der Waals surface area contributed by atoms with Crippen LogP contribution in [0.25, 0.3) is 33.3 Å². The Morgan fingerprint density at radius 1 is 1.05 bits per heavy atom. The van der Waals surface area contributed by atoms with Crippen molar-refractivity contribution in [2.24, 2.45) is 7.05 Å². The van der Waals surface area contributed by atoms with Crippen molar-refractivity contribution in [3.8, 4) is 51.7 Å². The standard InChI is InChI=1S/C34H34FN7OSi/c1-20-15-24(12-14-44(7,8)34(3,4)5)39-19-25(20)31-28(29-30(42(31)6)23(17-36)18-40-32(29)37)22-9-10-27(26(35)16-22)43-33-38-13-11-21(2)41-33/h9-11,13,15-16,18-19H,1-8H3,(H2,37,40). The van der Waals surface area contributed by atoms with Crippen LogP contribution in [0.2, 0.25) is 18.1 Å². The highest BCUT2D eigenvalue weighted by atomic mass is 28.3. The fourth-order valence-corrected chi connectivity index (χ4v) is 5.59. The zero-order valence-electron chi connectivity index (χ0n) is 26.2. The van der Waals surface area contributed by atoms with Crippen molar-refractivity contribution in [3.05, 3.63) is 77.3 Å². The van der Waals surface area contributed by atoms with E-state index in [1.54, 1.807) is 31.5 Å². The third kappa shape index (κ3) is 5.52. The van der Waals surface area contributed by atoms with Crippen LogP contribution in [-0.4, -0.2) is 32.6 Å². The summed E-state index contributed by atoms with van der Waals surface area (Å²) in [6, 6.07) is 10.6. The van der Waals surface area contributed by atoms with Gasteiger partial charge < -0.3 is 15.0 Å². The molecule has 0 bridgehead atoms. The normalized spacial score (nSPS) is 11.6. The Labute approximate surface area is 257 Å². The lowest BCUT2D eigenvalue weighted by Crippen LogP contribution is -2.35. The Morgan fingerprint density at radius 2 is 1.80 bits per heavy atom. The van der Waals surface area contributed by atoms with Crippen molar-refractivity contribution in [2.75, 3.05) is 5.73 Å². The van der Waals surface area contributed by atoms with Crippen LogP contribution in [0.15, 0.2) is 48.9 Å². The van der Waals surface area contributed by atoms with Crippen molar-refractivity contribution >= 4 is 24.8 Å². The van der Waals surface area contributed by atoms with Crippen LogP contribution in [0.4, 0.5) is 10.2 Å². The van der Waals surface area contributed by atoms with E-state index < -0.39 is 13.9 Å². The van der Waals surface area contributed by atoms with Gasteiger partial charge in [-0.1, -0.05) is 45.9 Å². The lowest BCUT2D eigenvalue weighted by Gasteiger charge is -2.31. The fourth-order valence-electron chi connectivity index (χ4n) is 4.78. The number of hydrogen-bond acceptors (Lipinski definition) is 7. The van der Waals surface area contributed by atoms with Crippen LogP contribution < -0.4 is 10.5 Å². The summed E-state index contributed by atoms with van der Waals surface area (Å²) < 4.78 is 23.1. The lowest BCUT2D eigenvalue weighted by atomic mass is 9.96. The summed E-state index contributed by atoms with van der Waals surface area (Å²) in [4.78, 5) is 17.3. The summed E-state index contributed by atoms with van der Waals surface area (Å²) in [6.45, 7) is 15.0. The lowest BCUT2D eigenvalue weighted by molar-refractivity contribution is 0.410. The van der Waals surface area contributed by atoms with E-state index in [-0.39, 0.29) is 22.6 Å². The van der Waals surface area contributed by atoms with Crippen LogP contribution in [0.5, 0.6) is 11.8 Å². The molecule has 0 atom stereocenters. The Kier molecular flexibility index (Phi) is 7.75. The van der Waals surface area contributed by atoms with Gasteiger partial charge in [-0.25, -0.2) is 24.3 Å². The molecular formula is C34H34FN7OSi. The zero-order chi connectivity index (χ0) is 32.0. The second-order valence-corrected chi connectivity index (χ2v) is 17.4. The minimum absolute atomic E-state index is 0.0209. The van der Waals surface area contributed by atoms with Crippen molar-refractivity contribution < 1.29 is 9.13 Å². The van der Waals surface area contributed by atoms with E-state index in [0.29, 0.717) is 39.0 Å². The average Bonchev–Trinajstić information content (AvgIpc) is 3.26. The van der Waals surface area contributed by atoms with Gasteiger partial charge in [0.25, 0.3) is 0 Å². The molecule has 0 saturated carbocycles. The molecule has 0 aliphatic carbocycles. The second kappa shape index (κ2) is 11.2. The summed E-state index contributed by atoms with van der Waals surface area (Å²) in [5, 5.41) is 10.6. The number of rotatable bonds is 4. The van der Waals surface area contributed by atoms with Crippen LogP contribution in [0, 0.1) is 42.5 Å². The van der Waals surface area contributed by atoms with Gasteiger partial charge in [-0.3, -0.25) is 0 Å². The number of anilines is 1. The number of nitrogens with zero attached hydrogens (tertiary/aromatic N) is 6. The number of nitrogen functional groups attached to an aromatic ring is 1. The second-order valence-electron chi connectivity index (χ2n) is 12.4. The van der Waals surface area contributed by atoms with Gasteiger partial charge in [0.1, 0.15) is 25.7 Å². The van der Waals surface area contributed by atoms with E-state index in [9.17, 15) is 5.26 Å². The van der Waals surface area contributed by atoms with E-state index >= 15 is 4.39 Å². The van der Waals surface area contributed by atoms with Crippen molar-refractivity contribution in [1.29, 1.82) is 5.26 Å².